The van der Waals surface area contributed by atoms with Crippen LogP contribution in [0.4, 0.5) is 11.4 Å². The number of carbonyl (C=O) groups is 3. The van der Waals surface area contributed by atoms with E-state index in [2.05, 4.69) is 21.2 Å². The molecule has 2 aromatic rings. The lowest BCUT2D eigenvalue weighted by Crippen LogP contribution is -2.54. The number of nitrogens with two attached hydrogens (primary N) is 1. The van der Waals surface area contributed by atoms with E-state index in [-0.39, 0.29) is 35.8 Å². The second-order valence-electron chi connectivity index (χ2n) is 10.1. The third kappa shape index (κ3) is 3.88. The SMILES string of the molecule is CCOC(=O)C1=C(N)N(c2cc(Cl)cc(Cl)c2)C2=C(C(=O)CC(C)(C)C2)C12C(=O)Nc1ccc(Br)cc12. The topological polar surface area (TPSA) is 102 Å². The quantitative estimate of drug-likeness (QED) is 0.427. The largest absolute Gasteiger partial charge is 0.462 e. The lowest BCUT2D eigenvalue weighted by molar-refractivity contribution is -0.140. The number of ether oxygens (including phenoxy) is 1. The number of allylic oxidation sites excluding steroid dienone is 1. The summed E-state index contributed by atoms with van der Waals surface area (Å²) >= 11 is 16.2. The molecule has 3 N–H and O–H groups in total. The number of ketones is 1. The summed E-state index contributed by atoms with van der Waals surface area (Å²) in [5, 5.41) is 3.58. The molecule has 2 heterocycles. The van der Waals surface area contributed by atoms with Crippen LogP contribution in [0.1, 0.15) is 39.2 Å². The maximum atomic E-state index is 14.0. The lowest BCUT2D eigenvalue weighted by Gasteiger charge is -2.47. The molecular formula is C27H24BrCl2N3O4. The molecule has 1 aliphatic carbocycles. The Balaban J connectivity index is 1.94. The third-order valence-corrected chi connectivity index (χ3v) is 7.86. The summed E-state index contributed by atoms with van der Waals surface area (Å²) in [6.07, 6.45) is 0.595. The fourth-order valence-electron chi connectivity index (χ4n) is 5.67. The number of hydrogen-bond donors (Lipinski definition) is 2. The van der Waals surface area contributed by atoms with E-state index in [1.807, 2.05) is 13.8 Å². The average Bonchev–Trinajstić information content (AvgIpc) is 3.03. The van der Waals surface area contributed by atoms with E-state index in [4.69, 9.17) is 33.7 Å². The fourth-order valence-corrected chi connectivity index (χ4v) is 6.55. The van der Waals surface area contributed by atoms with Gasteiger partial charge in [0.1, 0.15) is 16.8 Å². The Morgan fingerprint density at radius 3 is 2.46 bits per heavy atom. The van der Waals surface area contributed by atoms with E-state index in [1.54, 1.807) is 48.2 Å². The van der Waals surface area contributed by atoms with Crippen LogP contribution in [0.3, 0.4) is 0 Å². The van der Waals surface area contributed by atoms with Crippen molar-refractivity contribution in [2.75, 3.05) is 16.8 Å². The molecule has 2 aliphatic heterocycles. The first kappa shape index (κ1) is 25.8. The Morgan fingerprint density at radius 1 is 1.14 bits per heavy atom. The number of benzene rings is 2. The first-order chi connectivity index (χ1) is 17.4. The summed E-state index contributed by atoms with van der Waals surface area (Å²) in [7, 11) is 0. The minimum absolute atomic E-state index is 0.0241. The molecule has 0 bridgehead atoms. The Labute approximate surface area is 232 Å². The second kappa shape index (κ2) is 8.89. The highest BCUT2D eigenvalue weighted by atomic mass is 79.9. The van der Waals surface area contributed by atoms with Gasteiger partial charge >= 0.3 is 5.97 Å². The zero-order chi connectivity index (χ0) is 26.9. The molecule has 1 spiro atoms. The third-order valence-electron chi connectivity index (χ3n) is 6.93. The zero-order valence-corrected chi connectivity index (χ0v) is 23.5. The molecular weight excluding hydrogens is 581 g/mol. The molecule has 0 radical (unpaired) electrons. The number of carbonyl (C=O) groups excluding carboxylic acids is 3. The molecule has 3 aliphatic rings. The van der Waals surface area contributed by atoms with Gasteiger partial charge in [-0.3, -0.25) is 14.5 Å². The molecule has 0 fully saturated rings. The Hall–Kier alpha value is -2.81. The molecule has 192 valence electrons. The molecule has 7 nitrogen and oxygen atoms in total. The first-order valence-electron chi connectivity index (χ1n) is 11.7. The monoisotopic (exact) mass is 603 g/mol. The number of rotatable bonds is 3. The van der Waals surface area contributed by atoms with Crippen molar-refractivity contribution in [3.8, 4) is 0 Å². The Morgan fingerprint density at radius 2 is 1.81 bits per heavy atom. The minimum atomic E-state index is -1.78. The van der Waals surface area contributed by atoms with Gasteiger partial charge in [-0.1, -0.05) is 53.0 Å². The average molecular weight is 605 g/mol. The van der Waals surface area contributed by atoms with Gasteiger partial charge < -0.3 is 15.8 Å². The lowest BCUT2D eigenvalue weighted by atomic mass is 9.60. The van der Waals surface area contributed by atoms with Crippen molar-refractivity contribution in [2.45, 2.75) is 39.0 Å². The maximum absolute atomic E-state index is 14.0. The van der Waals surface area contributed by atoms with Crippen LogP contribution in [0.15, 0.2) is 63.5 Å². The highest BCUT2D eigenvalue weighted by Gasteiger charge is 2.63. The van der Waals surface area contributed by atoms with Gasteiger partial charge in [0.25, 0.3) is 0 Å². The molecule has 5 rings (SSSR count). The van der Waals surface area contributed by atoms with E-state index in [0.29, 0.717) is 43.6 Å². The predicted octanol–water partition coefficient (Wildman–Crippen LogP) is 5.84. The molecule has 10 heteroatoms. The summed E-state index contributed by atoms with van der Waals surface area (Å²) in [5.41, 5.74) is 6.63. The van der Waals surface area contributed by atoms with Crippen LogP contribution in [-0.4, -0.2) is 24.3 Å². The van der Waals surface area contributed by atoms with Crippen LogP contribution in [0.2, 0.25) is 10.0 Å². The number of esters is 1. The molecule has 0 saturated heterocycles. The number of hydrogen-bond acceptors (Lipinski definition) is 6. The van der Waals surface area contributed by atoms with Gasteiger partial charge in [0.05, 0.1) is 12.3 Å². The summed E-state index contributed by atoms with van der Waals surface area (Å²) in [6.45, 7) is 5.67. The van der Waals surface area contributed by atoms with Crippen LogP contribution < -0.4 is 16.0 Å². The van der Waals surface area contributed by atoms with Crippen LogP contribution in [-0.2, 0) is 24.5 Å². The molecule has 1 unspecified atom stereocenters. The first-order valence-corrected chi connectivity index (χ1v) is 13.3. The van der Waals surface area contributed by atoms with Crippen LogP contribution in [0, 0.1) is 5.41 Å². The molecule has 0 saturated carbocycles. The highest BCUT2D eigenvalue weighted by Crippen LogP contribution is 2.58. The van der Waals surface area contributed by atoms with Gasteiger partial charge in [0.15, 0.2) is 5.78 Å². The van der Waals surface area contributed by atoms with E-state index < -0.39 is 22.7 Å². The van der Waals surface area contributed by atoms with Crippen LogP contribution in [0.5, 0.6) is 0 Å². The second-order valence-corrected chi connectivity index (χ2v) is 11.9. The van der Waals surface area contributed by atoms with Gasteiger partial charge in [-0.2, -0.15) is 0 Å². The number of amides is 1. The molecule has 2 aromatic carbocycles. The van der Waals surface area contributed by atoms with E-state index >= 15 is 0 Å². The van der Waals surface area contributed by atoms with E-state index in [0.717, 1.165) is 0 Å². The van der Waals surface area contributed by atoms with E-state index in [9.17, 15) is 14.4 Å². The molecule has 37 heavy (non-hydrogen) atoms. The summed E-state index contributed by atoms with van der Waals surface area (Å²) in [4.78, 5) is 43.4. The maximum Gasteiger partial charge on any atom is 0.339 e. The number of nitrogens with one attached hydrogen (secondary N) is 1. The van der Waals surface area contributed by atoms with Crippen molar-refractivity contribution in [1.29, 1.82) is 0 Å². The Bertz CT molecular complexity index is 1450. The van der Waals surface area contributed by atoms with Crippen molar-refractivity contribution in [3.05, 3.63) is 79.1 Å². The van der Waals surface area contributed by atoms with Crippen molar-refractivity contribution < 1.29 is 19.1 Å². The molecule has 1 atom stereocenters. The highest BCUT2D eigenvalue weighted by molar-refractivity contribution is 9.10. The number of halogens is 3. The number of anilines is 2. The van der Waals surface area contributed by atoms with E-state index in [1.165, 1.54) is 0 Å². The zero-order valence-electron chi connectivity index (χ0n) is 20.4. The summed E-state index contributed by atoms with van der Waals surface area (Å²) in [6, 6.07) is 10.1. The van der Waals surface area contributed by atoms with Crippen molar-refractivity contribution in [2.24, 2.45) is 11.1 Å². The number of Topliss-reactive ketones (excluding diaryl/α,β-unsaturated/α-hetero) is 1. The number of nitrogens with zero attached hydrogens (tertiary/aromatic N) is 1. The molecule has 0 aromatic heterocycles. The van der Waals surface area contributed by atoms with Gasteiger partial charge in [-0.15, -0.1) is 0 Å². The number of fused-ring (bicyclic) bond motifs is 3. The van der Waals surface area contributed by atoms with Gasteiger partial charge in [0, 0.05) is 43.5 Å². The standard InChI is InChI=1S/C27H24BrCl2N3O4/c1-4-37-24(35)22-23(31)33(16-9-14(29)8-15(30)10-16)19-11-26(2,3)12-20(34)21(19)27(22)17-7-13(28)5-6-18(17)32-25(27)36/h5-10H,4,11-12,31H2,1-3H3,(H,32,36). The normalized spacial score (nSPS) is 22.3. The van der Waals surface area contributed by atoms with Crippen LogP contribution in [0.25, 0.3) is 0 Å². The molecule has 1 amide bonds. The smallest absolute Gasteiger partial charge is 0.339 e. The van der Waals surface area contributed by atoms with Gasteiger partial charge in [-0.05, 0) is 55.2 Å². The summed E-state index contributed by atoms with van der Waals surface area (Å²) < 4.78 is 6.12. The van der Waals surface area contributed by atoms with Crippen LogP contribution >= 0.6 is 39.1 Å². The summed E-state index contributed by atoms with van der Waals surface area (Å²) in [5.74, 6) is -1.59. The van der Waals surface area contributed by atoms with Crippen molar-refractivity contribution in [1.82, 2.24) is 0 Å². The van der Waals surface area contributed by atoms with Crippen molar-refractivity contribution >= 4 is 68.2 Å². The minimum Gasteiger partial charge on any atom is -0.462 e. The van der Waals surface area contributed by atoms with Gasteiger partial charge in [-0.25, -0.2) is 4.79 Å². The predicted molar refractivity (Wildman–Crippen MR) is 146 cm³/mol. The fraction of sp³-hybridized carbons (Fsp3) is 0.296. The Kier molecular flexibility index (Phi) is 6.21. The van der Waals surface area contributed by atoms with Crippen molar-refractivity contribution in [3.63, 3.8) is 0 Å². The van der Waals surface area contributed by atoms with Gasteiger partial charge in [0.2, 0.25) is 5.91 Å².